The topological polar surface area (TPSA) is 45.6 Å². The van der Waals surface area contributed by atoms with Gasteiger partial charge in [0.05, 0.1) is 13.2 Å². The normalized spacial score (nSPS) is 20.6. The van der Waals surface area contributed by atoms with E-state index in [1.54, 1.807) is 13.3 Å². The quantitative estimate of drug-likeness (QED) is 0.859. The number of nitrogens with zero attached hydrogens (tertiary/aromatic N) is 2. The zero-order chi connectivity index (χ0) is 12.1. The number of rotatable bonds is 4. The molecule has 1 fully saturated rings. The first-order chi connectivity index (χ1) is 8.33. The van der Waals surface area contributed by atoms with Gasteiger partial charge in [-0.05, 0) is 30.4 Å². The third kappa shape index (κ3) is 3.17. The summed E-state index contributed by atoms with van der Waals surface area (Å²) in [6.07, 6.45) is 4.17. The van der Waals surface area contributed by atoms with Crippen molar-refractivity contribution in [2.24, 2.45) is 5.92 Å². The van der Waals surface area contributed by atoms with Crippen molar-refractivity contribution < 1.29 is 9.84 Å². The first-order valence-electron chi connectivity index (χ1n) is 6.13. The summed E-state index contributed by atoms with van der Waals surface area (Å²) in [6.45, 7) is 2.95. The Morgan fingerprint density at radius 3 is 3.06 bits per heavy atom. The molecule has 1 unspecified atom stereocenters. The van der Waals surface area contributed by atoms with E-state index in [4.69, 9.17) is 9.84 Å². The number of anilines is 1. The Kier molecular flexibility index (Phi) is 4.34. The highest BCUT2D eigenvalue weighted by Gasteiger charge is 2.20. The van der Waals surface area contributed by atoms with Crippen LogP contribution in [0.2, 0.25) is 0 Å². The molecule has 4 heteroatoms. The Morgan fingerprint density at radius 2 is 2.41 bits per heavy atom. The summed E-state index contributed by atoms with van der Waals surface area (Å²) in [6, 6.07) is 3.92. The minimum Gasteiger partial charge on any atom is -0.392 e. The average molecular weight is 236 g/mol. The zero-order valence-electron chi connectivity index (χ0n) is 10.3. The van der Waals surface area contributed by atoms with Gasteiger partial charge in [0.1, 0.15) is 5.82 Å². The highest BCUT2D eigenvalue weighted by molar-refractivity contribution is 5.39. The predicted octanol–water partition coefficient (Wildman–Crippen LogP) is 1.44. The Morgan fingerprint density at radius 1 is 1.53 bits per heavy atom. The molecule has 0 bridgehead atoms. The molecule has 0 radical (unpaired) electrons. The van der Waals surface area contributed by atoms with Crippen molar-refractivity contribution in [3.63, 3.8) is 0 Å². The molecule has 94 valence electrons. The minimum absolute atomic E-state index is 0.0551. The molecule has 0 saturated carbocycles. The Balaban J connectivity index is 2.00. The predicted molar refractivity (Wildman–Crippen MR) is 67.0 cm³/mol. The SMILES string of the molecule is COCC1CCCN(c2ccc(CO)cn2)C1. The Bertz CT molecular complexity index is 338. The van der Waals surface area contributed by atoms with Gasteiger partial charge in [-0.3, -0.25) is 0 Å². The molecule has 1 atom stereocenters. The van der Waals surface area contributed by atoms with Crippen LogP contribution in [0.3, 0.4) is 0 Å². The lowest BCUT2D eigenvalue weighted by atomic mass is 9.99. The molecule has 4 nitrogen and oxygen atoms in total. The van der Waals surface area contributed by atoms with Gasteiger partial charge in [0.2, 0.25) is 0 Å². The molecule has 2 heterocycles. The second kappa shape index (κ2) is 5.98. The Hall–Kier alpha value is -1.13. The van der Waals surface area contributed by atoms with Crippen molar-refractivity contribution >= 4 is 5.82 Å². The maximum absolute atomic E-state index is 8.98. The monoisotopic (exact) mass is 236 g/mol. The smallest absolute Gasteiger partial charge is 0.128 e. The third-order valence-corrected chi connectivity index (χ3v) is 3.24. The molecule has 0 aliphatic carbocycles. The lowest BCUT2D eigenvalue weighted by Crippen LogP contribution is -2.37. The summed E-state index contributed by atoms with van der Waals surface area (Å²) in [4.78, 5) is 6.69. The minimum atomic E-state index is 0.0551. The van der Waals surface area contributed by atoms with Gasteiger partial charge < -0.3 is 14.7 Å². The fourth-order valence-corrected chi connectivity index (χ4v) is 2.34. The molecular formula is C13H20N2O2. The van der Waals surface area contributed by atoms with Crippen LogP contribution < -0.4 is 4.90 Å². The van der Waals surface area contributed by atoms with Crippen LogP contribution in [-0.4, -0.2) is 36.9 Å². The third-order valence-electron chi connectivity index (χ3n) is 3.24. The zero-order valence-corrected chi connectivity index (χ0v) is 10.3. The van der Waals surface area contributed by atoms with Gasteiger partial charge in [-0.25, -0.2) is 4.98 Å². The van der Waals surface area contributed by atoms with Crippen LogP contribution in [0.25, 0.3) is 0 Å². The summed E-state index contributed by atoms with van der Waals surface area (Å²) < 4.78 is 5.22. The Labute approximate surface area is 102 Å². The van der Waals surface area contributed by atoms with Gasteiger partial charge in [-0.2, -0.15) is 0 Å². The van der Waals surface area contributed by atoms with Gasteiger partial charge in [-0.15, -0.1) is 0 Å². The molecule has 0 amide bonds. The fourth-order valence-electron chi connectivity index (χ4n) is 2.34. The van der Waals surface area contributed by atoms with E-state index in [2.05, 4.69) is 9.88 Å². The molecule has 1 aromatic heterocycles. The van der Waals surface area contributed by atoms with Crippen LogP contribution >= 0.6 is 0 Å². The van der Waals surface area contributed by atoms with E-state index in [1.165, 1.54) is 12.8 Å². The van der Waals surface area contributed by atoms with Crippen molar-refractivity contribution in [3.05, 3.63) is 23.9 Å². The van der Waals surface area contributed by atoms with E-state index in [-0.39, 0.29) is 6.61 Å². The lowest BCUT2D eigenvalue weighted by molar-refractivity contribution is 0.143. The summed E-state index contributed by atoms with van der Waals surface area (Å²) in [5.41, 5.74) is 0.860. The fraction of sp³-hybridized carbons (Fsp3) is 0.615. The van der Waals surface area contributed by atoms with Gasteiger partial charge in [0, 0.05) is 26.4 Å². The molecule has 17 heavy (non-hydrogen) atoms. The number of aromatic nitrogens is 1. The first-order valence-corrected chi connectivity index (χ1v) is 6.13. The highest BCUT2D eigenvalue weighted by Crippen LogP contribution is 2.21. The van der Waals surface area contributed by atoms with Crippen LogP contribution in [0.5, 0.6) is 0 Å². The molecule has 0 spiro atoms. The average Bonchev–Trinajstić information content (AvgIpc) is 2.40. The maximum Gasteiger partial charge on any atom is 0.128 e. The van der Waals surface area contributed by atoms with Crippen LogP contribution in [0.15, 0.2) is 18.3 Å². The number of ether oxygens (including phenoxy) is 1. The second-order valence-corrected chi connectivity index (χ2v) is 4.59. The van der Waals surface area contributed by atoms with E-state index in [1.807, 2.05) is 12.1 Å². The number of hydrogen-bond acceptors (Lipinski definition) is 4. The molecule has 2 rings (SSSR count). The largest absolute Gasteiger partial charge is 0.392 e. The van der Waals surface area contributed by atoms with Gasteiger partial charge in [-0.1, -0.05) is 6.07 Å². The summed E-state index contributed by atoms with van der Waals surface area (Å²) in [5.74, 6) is 1.61. The van der Waals surface area contributed by atoms with E-state index in [0.29, 0.717) is 5.92 Å². The van der Waals surface area contributed by atoms with Crippen molar-refractivity contribution in [1.82, 2.24) is 4.98 Å². The molecular weight excluding hydrogens is 216 g/mol. The van der Waals surface area contributed by atoms with Gasteiger partial charge in [0.25, 0.3) is 0 Å². The molecule has 1 aliphatic rings. The maximum atomic E-state index is 8.98. The van der Waals surface area contributed by atoms with Crippen LogP contribution in [0.4, 0.5) is 5.82 Å². The summed E-state index contributed by atoms with van der Waals surface area (Å²) in [7, 11) is 1.76. The van der Waals surface area contributed by atoms with Crippen molar-refractivity contribution in [1.29, 1.82) is 0 Å². The van der Waals surface area contributed by atoms with Crippen LogP contribution in [0, 0.1) is 5.92 Å². The number of aliphatic hydroxyl groups is 1. The number of pyridine rings is 1. The van der Waals surface area contributed by atoms with Gasteiger partial charge >= 0.3 is 0 Å². The molecule has 1 N–H and O–H groups in total. The number of methoxy groups -OCH3 is 1. The molecule has 1 aliphatic heterocycles. The highest BCUT2D eigenvalue weighted by atomic mass is 16.5. The number of hydrogen-bond donors (Lipinski definition) is 1. The van der Waals surface area contributed by atoms with Crippen molar-refractivity contribution in [2.75, 3.05) is 31.7 Å². The van der Waals surface area contributed by atoms with Crippen LogP contribution in [0.1, 0.15) is 18.4 Å². The number of piperidine rings is 1. The van der Waals surface area contributed by atoms with Crippen molar-refractivity contribution in [2.45, 2.75) is 19.4 Å². The molecule has 1 aromatic rings. The second-order valence-electron chi connectivity index (χ2n) is 4.59. The molecule has 1 saturated heterocycles. The number of aliphatic hydroxyl groups excluding tert-OH is 1. The van der Waals surface area contributed by atoms with E-state index >= 15 is 0 Å². The van der Waals surface area contributed by atoms with E-state index in [0.717, 1.165) is 31.1 Å². The first kappa shape index (κ1) is 12.3. The standard InChI is InChI=1S/C13H20N2O2/c1-17-10-12-3-2-6-15(8-12)13-5-4-11(9-16)7-14-13/h4-5,7,12,16H,2-3,6,8-10H2,1H3. The van der Waals surface area contributed by atoms with Gasteiger partial charge in [0.15, 0.2) is 0 Å². The lowest BCUT2D eigenvalue weighted by Gasteiger charge is -2.33. The van der Waals surface area contributed by atoms with E-state index < -0.39 is 0 Å². The van der Waals surface area contributed by atoms with Crippen molar-refractivity contribution in [3.8, 4) is 0 Å². The van der Waals surface area contributed by atoms with Crippen LogP contribution in [-0.2, 0) is 11.3 Å². The molecule has 0 aromatic carbocycles. The summed E-state index contributed by atoms with van der Waals surface area (Å²) >= 11 is 0. The van der Waals surface area contributed by atoms with E-state index in [9.17, 15) is 0 Å². The summed E-state index contributed by atoms with van der Waals surface area (Å²) in [5, 5.41) is 8.98.